The molecule has 0 aliphatic heterocycles. The molecular weight excluding hydrogens is 350 g/mol. The molecule has 6 heteroatoms. The summed E-state index contributed by atoms with van der Waals surface area (Å²) in [6, 6.07) is 2.05. The van der Waals surface area contributed by atoms with Crippen molar-refractivity contribution < 1.29 is 4.79 Å². The number of fused-ring (bicyclic) bond motifs is 1. The van der Waals surface area contributed by atoms with E-state index in [1.165, 1.54) is 38.5 Å². The van der Waals surface area contributed by atoms with Gasteiger partial charge in [-0.05, 0) is 74.6 Å². The van der Waals surface area contributed by atoms with Gasteiger partial charge in [-0.3, -0.25) is 4.79 Å². The quantitative estimate of drug-likeness (QED) is 0.643. The number of hydrogen-bond donors (Lipinski definition) is 1. The monoisotopic (exact) mass is 373 g/mol. The van der Waals surface area contributed by atoms with Gasteiger partial charge in [0.1, 0.15) is 16.2 Å². The Bertz CT molecular complexity index is 783. The summed E-state index contributed by atoms with van der Waals surface area (Å²) in [5.74, 6) is 2.72. The summed E-state index contributed by atoms with van der Waals surface area (Å²) in [4.78, 5) is 22.6. The summed E-state index contributed by atoms with van der Waals surface area (Å²) in [6.07, 6.45) is 9.40. The predicted molar refractivity (Wildman–Crippen MR) is 102 cm³/mol. The first-order valence-corrected chi connectivity index (χ1v) is 11.0. The van der Waals surface area contributed by atoms with Crippen LogP contribution in [0.2, 0.25) is 0 Å². The molecule has 0 radical (unpaired) electrons. The van der Waals surface area contributed by atoms with Gasteiger partial charge in [0.05, 0.1) is 5.25 Å². The average molecular weight is 374 g/mol. The van der Waals surface area contributed by atoms with Crippen molar-refractivity contribution in [1.82, 2.24) is 15.3 Å². The van der Waals surface area contributed by atoms with Crippen molar-refractivity contribution in [1.29, 1.82) is 0 Å². The standard InChI is InChI=1S/C19H23N3OS2/c1-11(25-18-15-2-3-24-17(15)20-10-21-18)16(23)22-19-7-12-4-13(8-19)6-14(5-12)9-19/h2-3,10-14H,4-9H2,1H3,(H,22,23). The maximum absolute atomic E-state index is 12.9. The van der Waals surface area contributed by atoms with Crippen LogP contribution in [0, 0.1) is 17.8 Å². The lowest BCUT2D eigenvalue weighted by Crippen LogP contribution is -2.60. The van der Waals surface area contributed by atoms with E-state index in [1.807, 2.05) is 18.4 Å². The Morgan fingerprint density at radius 3 is 2.60 bits per heavy atom. The van der Waals surface area contributed by atoms with Crippen molar-refractivity contribution in [2.24, 2.45) is 17.8 Å². The van der Waals surface area contributed by atoms with Crippen LogP contribution in [-0.2, 0) is 4.79 Å². The second kappa shape index (κ2) is 5.95. The van der Waals surface area contributed by atoms with Crippen LogP contribution in [0.3, 0.4) is 0 Å². The fourth-order valence-electron chi connectivity index (χ4n) is 5.71. The zero-order valence-electron chi connectivity index (χ0n) is 14.4. The summed E-state index contributed by atoms with van der Waals surface area (Å²) in [7, 11) is 0. The number of carbonyl (C=O) groups excluding carboxylic acids is 1. The highest BCUT2D eigenvalue weighted by Crippen LogP contribution is 2.55. The SMILES string of the molecule is CC(Sc1ncnc2sccc12)C(=O)NC12CC3CC(CC(C3)C1)C2. The van der Waals surface area contributed by atoms with Gasteiger partial charge in [-0.2, -0.15) is 0 Å². The molecule has 4 bridgehead atoms. The molecule has 4 saturated carbocycles. The third-order valence-corrected chi connectivity index (χ3v) is 8.25. The maximum atomic E-state index is 12.9. The maximum Gasteiger partial charge on any atom is 0.233 e. The van der Waals surface area contributed by atoms with E-state index in [-0.39, 0.29) is 16.7 Å². The summed E-state index contributed by atoms with van der Waals surface area (Å²) >= 11 is 3.17. The molecule has 4 fully saturated rings. The smallest absolute Gasteiger partial charge is 0.233 e. The van der Waals surface area contributed by atoms with E-state index in [4.69, 9.17) is 0 Å². The summed E-state index contributed by atoms with van der Waals surface area (Å²) in [5, 5.41) is 7.36. The van der Waals surface area contributed by atoms with E-state index in [1.54, 1.807) is 29.4 Å². The number of thioether (sulfide) groups is 1. The third kappa shape index (κ3) is 2.87. The summed E-state index contributed by atoms with van der Waals surface area (Å²) in [6.45, 7) is 2.00. The predicted octanol–water partition coefficient (Wildman–Crippen LogP) is 4.26. The van der Waals surface area contributed by atoms with Crippen molar-refractivity contribution in [2.45, 2.75) is 61.3 Å². The normalized spacial score (nSPS) is 34.4. The third-order valence-electron chi connectivity index (χ3n) is 6.31. The lowest BCUT2D eigenvalue weighted by molar-refractivity contribution is -0.126. The highest BCUT2D eigenvalue weighted by molar-refractivity contribution is 8.00. The van der Waals surface area contributed by atoms with Crippen LogP contribution in [0.25, 0.3) is 10.2 Å². The topological polar surface area (TPSA) is 54.9 Å². The van der Waals surface area contributed by atoms with Crippen LogP contribution in [0.1, 0.15) is 45.4 Å². The molecule has 1 unspecified atom stereocenters. The fraction of sp³-hybridized carbons (Fsp3) is 0.632. The van der Waals surface area contributed by atoms with Crippen LogP contribution in [0.15, 0.2) is 22.8 Å². The van der Waals surface area contributed by atoms with Crippen LogP contribution >= 0.6 is 23.1 Å². The molecule has 0 spiro atoms. The first kappa shape index (κ1) is 16.1. The second-order valence-electron chi connectivity index (χ2n) is 8.27. The summed E-state index contributed by atoms with van der Waals surface area (Å²) in [5.41, 5.74) is 0.0873. The minimum absolute atomic E-state index is 0.0873. The van der Waals surface area contributed by atoms with Gasteiger partial charge < -0.3 is 5.32 Å². The molecule has 1 atom stereocenters. The Morgan fingerprint density at radius 1 is 1.24 bits per heavy atom. The Balaban J connectivity index is 1.30. The molecule has 1 amide bonds. The van der Waals surface area contributed by atoms with E-state index >= 15 is 0 Å². The van der Waals surface area contributed by atoms with Crippen molar-refractivity contribution in [3.8, 4) is 0 Å². The number of aromatic nitrogens is 2. The van der Waals surface area contributed by atoms with E-state index in [2.05, 4.69) is 15.3 Å². The molecule has 4 aliphatic carbocycles. The number of hydrogen-bond acceptors (Lipinski definition) is 5. The van der Waals surface area contributed by atoms with Gasteiger partial charge in [-0.1, -0.05) is 11.8 Å². The first-order chi connectivity index (χ1) is 12.1. The van der Waals surface area contributed by atoms with Gasteiger partial charge in [0.15, 0.2) is 0 Å². The van der Waals surface area contributed by atoms with E-state index in [0.29, 0.717) is 0 Å². The minimum Gasteiger partial charge on any atom is -0.350 e. The zero-order chi connectivity index (χ0) is 17.0. The number of amides is 1. The molecule has 4 nitrogen and oxygen atoms in total. The lowest BCUT2D eigenvalue weighted by atomic mass is 9.53. The summed E-state index contributed by atoms with van der Waals surface area (Å²) < 4.78 is 0. The van der Waals surface area contributed by atoms with E-state index in [0.717, 1.165) is 33.0 Å². The highest BCUT2D eigenvalue weighted by atomic mass is 32.2. The van der Waals surface area contributed by atoms with Gasteiger partial charge in [0.2, 0.25) is 5.91 Å². The number of nitrogens with zero attached hydrogens (tertiary/aromatic N) is 2. The van der Waals surface area contributed by atoms with Gasteiger partial charge >= 0.3 is 0 Å². The van der Waals surface area contributed by atoms with E-state index in [9.17, 15) is 4.79 Å². The van der Waals surface area contributed by atoms with E-state index < -0.39 is 0 Å². The molecule has 25 heavy (non-hydrogen) atoms. The van der Waals surface area contributed by atoms with Gasteiger partial charge in [-0.25, -0.2) is 9.97 Å². The first-order valence-electron chi connectivity index (χ1n) is 9.27. The van der Waals surface area contributed by atoms with Gasteiger partial charge in [0, 0.05) is 10.9 Å². The zero-order valence-corrected chi connectivity index (χ0v) is 16.0. The number of rotatable bonds is 4. The van der Waals surface area contributed by atoms with Crippen LogP contribution in [0.4, 0.5) is 0 Å². The fourth-order valence-corrected chi connectivity index (χ4v) is 7.41. The molecular formula is C19H23N3OS2. The molecule has 0 aromatic carbocycles. The number of nitrogens with one attached hydrogen (secondary N) is 1. The van der Waals surface area contributed by atoms with Crippen molar-refractivity contribution in [3.05, 3.63) is 17.8 Å². The molecule has 1 N–H and O–H groups in total. The molecule has 132 valence electrons. The Morgan fingerprint density at radius 2 is 1.92 bits per heavy atom. The van der Waals surface area contributed by atoms with Crippen LogP contribution in [-0.4, -0.2) is 26.7 Å². The van der Waals surface area contributed by atoms with Gasteiger partial charge in [-0.15, -0.1) is 11.3 Å². The molecule has 2 heterocycles. The van der Waals surface area contributed by atoms with Gasteiger partial charge in [0.25, 0.3) is 0 Å². The largest absolute Gasteiger partial charge is 0.350 e. The van der Waals surface area contributed by atoms with Crippen molar-refractivity contribution in [2.75, 3.05) is 0 Å². The minimum atomic E-state index is -0.133. The highest BCUT2D eigenvalue weighted by Gasteiger charge is 2.51. The average Bonchev–Trinajstić information content (AvgIpc) is 3.02. The number of carbonyl (C=O) groups is 1. The van der Waals surface area contributed by atoms with Crippen LogP contribution in [0.5, 0.6) is 0 Å². The molecule has 0 saturated heterocycles. The molecule has 4 aliphatic rings. The Hall–Kier alpha value is -1.14. The van der Waals surface area contributed by atoms with Crippen molar-refractivity contribution >= 4 is 39.2 Å². The Kier molecular flexibility index (Phi) is 3.82. The molecule has 2 aromatic rings. The van der Waals surface area contributed by atoms with Crippen LogP contribution < -0.4 is 5.32 Å². The second-order valence-corrected chi connectivity index (χ2v) is 10.5. The molecule has 2 aromatic heterocycles. The molecule has 6 rings (SSSR count). The number of thiophene rings is 1. The Labute approximate surface area is 156 Å². The van der Waals surface area contributed by atoms with Crippen molar-refractivity contribution in [3.63, 3.8) is 0 Å². The lowest BCUT2D eigenvalue weighted by Gasteiger charge is -2.57.